The molecular weight excluding hydrogens is 485 g/mol. The highest BCUT2D eigenvalue weighted by Crippen LogP contribution is 2.39. The van der Waals surface area contributed by atoms with Gasteiger partial charge in [-0.3, -0.25) is 4.55 Å². The second kappa shape index (κ2) is 11.3. The van der Waals surface area contributed by atoms with Gasteiger partial charge in [0.25, 0.3) is 10.1 Å². The molecule has 1 heterocycles. The molecule has 1 aliphatic rings. The quantitative estimate of drug-likeness (QED) is 0.451. The minimum Gasteiger partial charge on any atom is -0.368 e. The molecule has 2 N–H and O–H groups in total. The molecule has 0 aliphatic carbocycles. The summed E-state index contributed by atoms with van der Waals surface area (Å²) in [5.41, 5.74) is 1.19. The first-order valence-electron chi connectivity index (χ1n) is 10.5. The van der Waals surface area contributed by atoms with Gasteiger partial charge in [-0.1, -0.05) is 42.1 Å². The monoisotopic (exact) mass is 510 g/mol. The van der Waals surface area contributed by atoms with Crippen LogP contribution in [0.5, 0.6) is 0 Å². The fourth-order valence-corrected chi connectivity index (χ4v) is 4.90. The largest absolute Gasteiger partial charge is 0.416 e. The van der Waals surface area contributed by atoms with Crippen LogP contribution < -0.4 is 10.2 Å². The van der Waals surface area contributed by atoms with E-state index in [0.29, 0.717) is 5.56 Å². The first-order valence-corrected chi connectivity index (χ1v) is 12.7. The van der Waals surface area contributed by atoms with E-state index in [1.54, 1.807) is 31.2 Å². The minimum absolute atomic E-state index is 0.0741. The maximum Gasteiger partial charge on any atom is 0.416 e. The number of para-hydroxylation sites is 1. The Balaban J connectivity index is 0.000000271. The lowest BCUT2D eigenvalue weighted by Crippen LogP contribution is -2.43. The molecule has 5 nitrogen and oxygen atoms in total. The van der Waals surface area contributed by atoms with Gasteiger partial charge in [0.2, 0.25) is 0 Å². The predicted molar refractivity (Wildman–Crippen MR) is 128 cm³/mol. The molecule has 3 aromatic carbocycles. The Morgan fingerprint density at radius 2 is 1.53 bits per heavy atom. The number of halogens is 3. The topological polar surface area (TPSA) is 69.6 Å². The number of hydrogen-bond acceptors (Lipinski definition) is 5. The maximum absolute atomic E-state index is 12.8. The molecule has 0 unspecified atom stereocenters. The number of alkyl halides is 3. The number of anilines is 1. The molecule has 182 valence electrons. The van der Waals surface area contributed by atoms with Gasteiger partial charge in [0.1, 0.15) is 0 Å². The van der Waals surface area contributed by atoms with Crippen LogP contribution in [-0.4, -0.2) is 39.1 Å². The third-order valence-corrected chi connectivity index (χ3v) is 7.20. The summed E-state index contributed by atoms with van der Waals surface area (Å²) in [5, 5.41) is 3.33. The molecule has 4 rings (SSSR count). The lowest BCUT2D eigenvalue weighted by molar-refractivity contribution is -0.137. The zero-order valence-electron chi connectivity index (χ0n) is 18.4. The standard InChI is InChI=1S/C18H19F3N2S.C6H6O3S/c1-13-12-14(18(19,20)21)6-7-16(13)24-17-5-3-2-4-15(17)23-10-8-22-9-11-23;7-10(8,9)6-4-2-1-3-5-6/h2-7,12,22H,8-11H2,1H3;1-5H,(H,7,8,9). The average molecular weight is 511 g/mol. The molecule has 3 aromatic rings. The molecule has 0 saturated carbocycles. The van der Waals surface area contributed by atoms with Crippen molar-refractivity contribution in [2.45, 2.75) is 27.8 Å². The van der Waals surface area contributed by atoms with E-state index in [0.717, 1.165) is 47.7 Å². The summed E-state index contributed by atoms with van der Waals surface area (Å²) >= 11 is 1.52. The van der Waals surface area contributed by atoms with Crippen LogP contribution in [-0.2, 0) is 16.3 Å². The van der Waals surface area contributed by atoms with Gasteiger partial charge in [0, 0.05) is 36.0 Å². The van der Waals surface area contributed by atoms with E-state index in [1.807, 2.05) is 18.2 Å². The number of benzene rings is 3. The average Bonchev–Trinajstić information content (AvgIpc) is 2.81. The zero-order valence-corrected chi connectivity index (χ0v) is 20.1. The lowest BCUT2D eigenvalue weighted by atomic mass is 10.1. The van der Waals surface area contributed by atoms with Crippen LogP contribution in [0.4, 0.5) is 18.9 Å². The normalized spacial score (nSPS) is 14.3. The molecule has 0 amide bonds. The first kappa shape index (κ1) is 26.1. The van der Waals surface area contributed by atoms with Crippen LogP contribution in [0.2, 0.25) is 0 Å². The summed E-state index contributed by atoms with van der Waals surface area (Å²) in [7, 11) is -4.00. The summed E-state index contributed by atoms with van der Waals surface area (Å²) in [5.74, 6) is 0. The Bertz CT molecular complexity index is 1200. The highest BCUT2D eigenvalue weighted by Gasteiger charge is 2.30. The van der Waals surface area contributed by atoms with Gasteiger partial charge in [-0.15, -0.1) is 0 Å². The van der Waals surface area contributed by atoms with Crippen LogP contribution in [0.25, 0.3) is 0 Å². The van der Waals surface area contributed by atoms with Gasteiger partial charge in [-0.2, -0.15) is 21.6 Å². The van der Waals surface area contributed by atoms with Crippen molar-refractivity contribution >= 4 is 27.6 Å². The third kappa shape index (κ3) is 7.23. The van der Waals surface area contributed by atoms with Gasteiger partial charge in [-0.05, 0) is 55.0 Å². The molecule has 0 radical (unpaired) electrons. The van der Waals surface area contributed by atoms with E-state index < -0.39 is 21.9 Å². The SMILES string of the molecule is Cc1cc(C(F)(F)F)ccc1Sc1ccccc1N1CCNCC1.O=S(=O)(O)c1ccccc1. The van der Waals surface area contributed by atoms with E-state index in [4.69, 9.17) is 4.55 Å². The minimum atomic E-state index is -4.30. The van der Waals surface area contributed by atoms with Gasteiger partial charge >= 0.3 is 6.18 Å². The van der Waals surface area contributed by atoms with Crippen molar-refractivity contribution < 1.29 is 26.1 Å². The van der Waals surface area contributed by atoms with Crippen molar-refractivity contribution in [2.24, 2.45) is 0 Å². The number of rotatable bonds is 4. The zero-order chi connectivity index (χ0) is 24.8. The van der Waals surface area contributed by atoms with Crippen molar-refractivity contribution in [3.8, 4) is 0 Å². The smallest absolute Gasteiger partial charge is 0.368 e. The molecule has 0 spiro atoms. The van der Waals surface area contributed by atoms with Gasteiger partial charge < -0.3 is 10.2 Å². The summed E-state index contributed by atoms with van der Waals surface area (Å²) in [6, 6.07) is 19.4. The van der Waals surface area contributed by atoms with Gasteiger partial charge in [-0.25, -0.2) is 0 Å². The van der Waals surface area contributed by atoms with Crippen molar-refractivity contribution in [1.82, 2.24) is 5.32 Å². The molecule has 1 saturated heterocycles. The van der Waals surface area contributed by atoms with Crippen LogP contribution in [0.15, 0.2) is 87.5 Å². The van der Waals surface area contributed by atoms with Crippen LogP contribution in [0.1, 0.15) is 11.1 Å². The van der Waals surface area contributed by atoms with Crippen molar-refractivity contribution in [2.75, 3.05) is 31.1 Å². The third-order valence-electron chi connectivity index (χ3n) is 5.09. The van der Waals surface area contributed by atoms with E-state index >= 15 is 0 Å². The molecule has 1 aliphatic heterocycles. The molecular formula is C24H25F3N2O3S2. The van der Waals surface area contributed by atoms with Crippen molar-refractivity contribution in [3.63, 3.8) is 0 Å². The van der Waals surface area contributed by atoms with Crippen molar-refractivity contribution in [3.05, 3.63) is 83.9 Å². The molecule has 0 atom stereocenters. The van der Waals surface area contributed by atoms with Crippen LogP contribution in [0.3, 0.4) is 0 Å². The van der Waals surface area contributed by atoms with Crippen LogP contribution in [0, 0.1) is 6.92 Å². The van der Waals surface area contributed by atoms with Crippen LogP contribution >= 0.6 is 11.8 Å². The second-order valence-electron chi connectivity index (χ2n) is 7.57. The van der Waals surface area contributed by atoms with E-state index in [2.05, 4.69) is 16.3 Å². The Hall–Kier alpha value is -2.53. The van der Waals surface area contributed by atoms with Gasteiger partial charge in [0.05, 0.1) is 16.1 Å². The molecule has 0 aromatic heterocycles. The second-order valence-corrected chi connectivity index (χ2v) is 10.1. The Morgan fingerprint density at radius 1 is 0.912 bits per heavy atom. The number of nitrogens with zero attached hydrogens (tertiary/aromatic N) is 1. The number of aryl methyl sites for hydroxylation is 1. The predicted octanol–water partition coefficient (Wildman–Crippen LogP) is 5.51. The van der Waals surface area contributed by atoms with E-state index in [9.17, 15) is 21.6 Å². The van der Waals surface area contributed by atoms with E-state index in [1.165, 1.54) is 30.0 Å². The van der Waals surface area contributed by atoms with Crippen molar-refractivity contribution in [1.29, 1.82) is 0 Å². The number of piperazine rings is 1. The fraction of sp³-hybridized carbons (Fsp3) is 0.250. The first-order chi connectivity index (χ1) is 16.1. The molecule has 0 bridgehead atoms. The summed E-state index contributed by atoms with van der Waals surface area (Å²) < 4.78 is 67.7. The number of hydrogen-bond donors (Lipinski definition) is 2. The highest BCUT2D eigenvalue weighted by molar-refractivity contribution is 7.99. The Morgan fingerprint density at radius 3 is 2.09 bits per heavy atom. The lowest BCUT2D eigenvalue weighted by Gasteiger charge is -2.31. The summed E-state index contributed by atoms with van der Waals surface area (Å²) in [6.45, 7) is 5.48. The summed E-state index contributed by atoms with van der Waals surface area (Å²) in [4.78, 5) is 4.17. The Kier molecular flexibility index (Phi) is 8.64. The molecule has 10 heteroatoms. The number of nitrogens with one attached hydrogen (secondary N) is 1. The molecule has 34 heavy (non-hydrogen) atoms. The highest BCUT2D eigenvalue weighted by atomic mass is 32.2. The maximum atomic E-state index is 12.8. The summed E-state index contributed by atoms with van der Waals surface area (Å²) in [6.07, 6.45) is -4.30. The Labute approximate surface area is 201 Å². The van der Waals surface area contributed by atoms with E-state index in [-0.39, 0.29) is 4.90 Å². The van der Waals surface area contributed by atoms with Gasteiger partial charge in [0.15, 0.2) is 0 Å². The fourth-order valence-electron chi connectivity index (χ4n) is 3.36. The molecule has 1 fully saturated rings.